The lowest BCUT2D eigenvalue weighted by atomic mass is 9.95. The molecule has 14 nitrogen and oxygen atoms in total. The van der Waals surface area contributed by atoms with Gasteiger partial charge in [0.2, 0.25) is 12.4 Å². The molecule has 0 radical (unpaired) electrons. The molecule has 0 N–H and O–H groups in total. The fourth-order valence-corrected chi connectivity index (χ4v) is 7.34. The number of ether oxygens (including phenoxy) is 7. The van der Waals surface area contributed by atoms with Gasteiger partial charge >= 0.3 is 29.8 Å². The van der Waals surface area contributed by atoms with Crippen LogP contribution in [0.2, 0.25) is 0 Å². The molecule has 0 bridgehead atoms. The molecule has 2 aromatic carbocycles. The first-order valence-corrected chi connectivity index (χ1v) is 18.1. The van der Waals surface area contributed by atoms with E-state index in [1.807, 2.05) is 12.1 Å². The van der Waals surface area contributed by atoms with Gasteiger partial charge in [-0.3, -0.25) is 24.0 Å². The summed E-state index contributed by atoms with van der Waals surface area (Å²) in [5.74, 6) is -3.83. The number of hydrogen-bond donors (Lipinski definition) is 0. The molecule has 5 rings (SSSR count). The fourth-order valence-electron chi connectivity index (χ4n) is 6.26. The minimum absolute atomic E-state index is 0.189. The second-order valence-electron chi connectivity index (χ2n) is 13.5. The van der Waals surface area contributed by atoms with Crippen LogP contribution in [0.3, 0.4) is 0 Å². The van der Waals surface area contributed by atoms with Crippen LogP contribution in [0.5, 0.6) is 5.75 Å². The number of fused-ring (bicyclic) bond motifs is 3. The molecule has 2 aliphatic heterocycles. The van der Waals surface area contributed by atoms with Crippen molar-refractivity contribution in [3.63, 3.8) is 0 Å². The normalized spacial score (nSPS) is 22.4. The quantitative estimate of drug-likeness (QED) is 0.148. The predicted molar refractivity (Wildman–Crippen MR) is 191 cm³/mol. The van der Waals surface area contributed by atoms with Crippen molar-refractivity contribution < 1.29 is 61.9 Å². The Hall–Kier alpha value is -4.73. The Morgan fingerprint density at radius 1 is 0.830 bits per heavy atom. The summed E-state index contributed by atoms with van der Waals surface area (Å²) in [4.78, 5) is 77.8. The average Bonchev–Trinajstić information content (AvgIpc) is 3.71. The van der Waals surface area contributed by atoms with Crippen molar-refractivity contribution >= 4 is 75.2 Å². The molecule has 3 heterocycles. The standard InChI is InChI=1S/C37H40ClNO13S/c1-18(40)46-17-27-31(47-19(2)41)32(48-20(3)42)33(49-21(4)43)36(51-27)50-26-14-25-30(24-11-9-8-10-23(24)26)22(15-38)16-39(25)34(44)28-12-13-29(53-28)35(45)52-37(5,6)7/h8-14,22,27,31-33,36H,15-17H2,1-7H3/t22-,27-,31+,32+,33-,36-/m1/s1. The Morgan fingerprint density at radius 3 is 2.04 bits per heavy atom. The number of rotatable bonds is 10. The van der Waals surface area contributed by atoms with Crippen molar-refractivity contribution in [3.05, 3.63) is 57.8 Å². The van der Waals surface area contributed by atoms with E-state index in [1.54, 1.807) is 56.0 Å². The number of amides is 1. The smallest absolute Gasteiger partial charge is 0.348 e. The van der Waals surface area contributed by atoms with Crippen LogP contribution in [0.1, 0.15) is 79.3 Å². The summed E-state index contributed by atoms with van der Waals surface area (Å²) in [6.45, 7) is 9.61. The lowest BCUT2D eigenvalue weighted by molar-refractivity contribution is -0.288. The number of alkyl halides is 1. The van der Waals surface area contributed by atoms with E-state index in [9.17, 15) is 28.8 Å². The monoisotopic (exact) mass is 773 g/mol. The van der Waals surface area contributed by atoms with E-state index in [2.05, 4.69) is 0 Å². The largest absolute Gasteiger partial charge is 0.463 e. The highest BCUT2D eigenvalue weighted by atomic mass is 35.5. The highest BCUT2D eigenvalue weighted by Gasteiger charge is 2.53. The van der Waals surface area contributed by atoms with Crippen molar-refractivity contribution in [2.24, 2.45) is 0 Å². The van der Waals surface area contributed by atoms with E-state index in [0.717, 1.165) is 37.7 Å². The van der Waals surface area contributed by atoms with E-state index < -0.39 is 72.8 Å². The average molecular weight is 774 g/mol. The van der Waals surface area contributed by atoms with Crippen LogP contribution < -0.4 is 9.64 Å². The van der Waals surface area contributed by atoms with Crippen molar-refractivity contribution in [2.75, 3.05) is 23.9 Å². The van der Waals surface area contributed by atoms with E-state index in [1.165, 1.54) is 6.92 Å². The van der Waals surface area contributed by atoms with Gasteiger partial charge in [0, 0.05) is 57.5 Å². The highest BCUT2D eigenvalue weighted by molar-refractivity contribution is 7.16. The van der Waals surface area contributed by atoms with Crippen LogP contribution in [0.4, 0.5) is 5.69 Å². The predicted octanol–water partition coefficient (Wildman–Crippen LogP) is 5.30. The topological polar surface area (TPSA) is 170 Å². The van der Waals surface area contributed by atoms with Gasteiger partial charge in [0.05, 0.1) is 10.6 Å². The van der Waals surface area contributed by atoms with E-state index in [-0.39, 0.29) is 34.9 Å². The number of carbonyl (C=O) groups is 6. The Balaban J connectivity index is 1.59. The summed E-state index contributed by atoms with van der Waals surface area (Å²) < 4.78 is 40.0. The number of anilines is 1. The van der Waals surface area contributed by atoms with E-state index in [0.29, 0.717) is 21.3 Å². The highest BCUT2D eigenvalue weighted by Crippen LogP contribution is 2.47. The maximum Gasteiger partial charge on any atom is 0.348 e. The first-order valence-electron chi connectivity index (χ1n) is 16.7. The first kappa shape index (κ1) is 39.5. The number of carbonyl (C=O) groups excluding carboxylic acids is 6. The molecule has 53 heavy (non-hydrogen) atoms. The summed E-state index contributed by atoms with van der Waals surface area (Å²) >= 11 is 7.49. The molecule has 2 aliphatic rings. The van der Waals surface area contributed by atoms with Gasteiger partial charge in [-0.15, -0.1) is 22.9 Å². The molecule has 284 valence electrons. The number of benzene rings is 2. The number of nitrogens with zero attached hydrogens (tertiary/aromatic N) is 1. The molecule has 0 aliphatic carbocycles. The Bertz CT molecular complexity index is 1920. The van der Waals surface area contributed by atoms with Crippen LogP contribution in [0.15, 0.2) is 42.5 Å². The zero-order chi connectivity index (χ0) is 38.8. The van der Waals surface area contributed by atoms with Gasteiger partial charge in [0.25, 0.3) is 5.91 Å². The molecule has 1 aromatic heterocycles. The maximum atomic E-state index is 14.1. The van der Waals surface area contributed by atoms with E-state index >= 15 is 0 Å². The molecule has 1 amide bonds. The number of esters is 5. The van der Waals surface area contributed by atoms with Crippen molar-refractivity contribution in [2.45, 2.75) is 90.7 Å². The molecular weight excluding hydrogens is 734 g/mol. The van der Waals surface area contributed by atoms with Gasteiger partial charge in [-0.2, -0.15) is 0 Å². The summed E-state index contributed by atoms with van der Waals surface area (Å²) in [7, 11) is 0. The van der Waals surface area contributed by atoms with Crippen LogP contribution in [-0.2, 0) is 47.6 Å². The Kier molecular flexibility index (Phi) is 12.0. The van der Waals surface area contributed by atoms with Gasteiger partial charge in [-0.25, -0.2) is 4.79 Å². The van der Waals surface area contributed by atoms with Crippen molar-refractivity contribution in [1.82, 2.24) is 0 Å². The number of halogens is 1. The van der Waals surface area contributed by atoms with Crippen LogP contribution in [0, 0.1) is 0 Å². The molecule has 0 saturated carbocycles. The zero-order valence-electron chi connectivity index (χ0n) is 30.2. The Labute approximate surface area is 314 Å². The minimum Gasteiger partial charge on any atom is -0.463 e. The van der Waals surface area contributed by atoms with Gasteiger partial charge in [-0.05, 0) is 43.9 Å². The summed E-state index contributed by atoms with van der Waals surface area (Å²) in [5.41, 5.74) is 0.551. The molecule has 1 saturated heterocycles. The number of hydrogen-bond acceptors (Lipinski definition) is 14. The second kappa shape index (κ2) is 16.1. The molecule has 3 aromatic rings. The van der Waals surface area contributed by atoms with Crippen molar-refractivity contribution in [3.8, 4) is 5.75 Å². The lowest BCUT2D eigenvalue weighted by Gasteiger charge is -2.44. The first-order chi connectivity index (χ1) is 25.0. The second-order valence-corrected chi connectivity index (χ2v) is 14.9. The van der Waals surface area contributed by atoms with Crippen LogP contribution >= 0.6 is 22.9 Å². The van der Waals surface area contributed by atoms with Gasteiger partial charge in [0.15, 0.2) is 12.2 Å². The maximum absolute atomic E-state index is 14.1. The summed E-state index contributed by atoms with van der Waals surface area (Å²) in [6, 6.07) is 12.0. The van der Waals surface area contributed by atoms with Gasteiger partial charge in [-0.1, -0.05) is 24.3 Å². The summed E-state index contributed by atoms with van der Waals surface area (Å²) in [5, 5.41) is 1.30. The van der Waals surface area contributed by atoms with Crippen LogP contribution in [0.25, 0.3) is 10.8 Å². The molecular formula is C37H40ClNO13S. The van der Waals surface area contributed by atoms with Crippen LogP contribution in [-0.4, -0.2) is 91.1 Å². The molecule has 16 heteroatoms. The van der Waals surface area contributed by atoms with Crippen molar-refractivity contribution in [1.29, 1.82) is 0 Å². The van der Waals surface area contributed by atoms with Gasteiger partial charge < -0.3 is 38.1 Å². The molecule has 6 atom stereocenters. The minimum atomic E-state index is -1.51. The third-order valence-corrected chi connectivity index (χ3v) is 9.59. The lowest BCUT2D eigenvalue weighted by Crippen LogP contribution is -2.63. The zero-order valence-corrected chi connectivity index (χ0v) is 31.7. The third-order valence-electron chi connectivity index (χ3n) is 8.17. The Morgan fingerprint density at radius 2 is 1.43 bits per heavy atom. The molecule has 0 unspecified atom stereocenters. The van der Waals surface area contributed by atoms with E-state index in [4.69, 9.17) is 44.8 Å². The molecule has 0 spiro atoms. The number of thiophene rings is 1. The van der Waals surface area contributed by atoms with Gasteiger partial charge in [0.1, 0.15) is 28.9 Å². The molecule has 1 fully saturated rings. The summed E-state index contributed by atoms with van der Waals surface area (Å²) in [6.07, 6.45) is -7.05. The third kappa shape index (κ3) is 9.08. The fraction of sp³-hybridized carbons (Fsp3) is 0.459. The SMILES string of the molecule is CC(=O)OC[C@H]1O[C@@H](Oc2cc3c(c4ccccc24)[C@H](CCl)CN3C(=O)c2ccc(C(=O)OC(C)(C)C)s2)[C@H](OC(C)=O)[C@@H](OC(C)=O)[C@H]1OC(C)=O.